The SMILES string of the molecule is O=C(COc1ccc([N+](=O)[O-])cc1)NCC1CC(O)C1. The average molecular weight is 280 g/mol. The molecule has 7 nitrogen and oxygen atoms in total. The number of hydrogen-bond acceptors (Lipinski definition) is 5. The number of rotatable bonds is 6. The minimum atomic E-state index is -0.496. The zero-order valence-electron chi connectivity index (χ0n) is 10.8. The quantitative estimate of drug-likeness (QED) is 0.594. The van der Waals surface area contributed by atoms with Crippen molar-refractivity contribution >= 4 is 11.6 Å². The first-order chi connectivity index (χ1) is 9.54. The first-order valence-electron chi connectivity index (χ1n) is 6.36. The molecule has 0 aromatic heterocycles. The van der Waals surface area contributed by atoms with Gasteiger partial charge in [-0.25, -0.2) is 0 Å². The highest BCUT2D eigenvalue weighted by atomic mass is 16.6. The Morgan fingerprint density at radius 2 is 2.05 bits per heavy atom. The monoisotopic (exact) mass is 280 g/mol. The number of benzene rings is 1. The number of nitrogens with one attached hydrogen (secondary N) is 1. The van der Waals surface area contributed by atoms with Crippen LogP contribution < -0.4 is 10.1 Å². The number of nitro groups is 1. The van der Waals surface area contributed by atoms with Crippen LogP contribution in [0.1, 0.15) is 12.8 Å². The highest BCUT2D eigenvalue weighted by molar-refractivity contribution is 5.77. The average Bonchev–Trinajstić information content (AvgIpc) is 2.40. The molecule has 0 bridgehead atoms. The van der Waals surface area contributed by atoms with Crippen molar-refractivity contribution in [2.24, 2.45) is 5.92 Å². The molecule has 0 unspecified atom stereocenters. The van der Waals surface area contributed by atoms with Gasteiger partial charge in [0, 0.05) is 18.7 Å². The summed E-state index contributed by atoms with van der Waals surface area (Å²) in [5.41, 5.74) is -0.0228. The number of ether oxygens (including phenoxy) is 1. The molecule has 108 valence electrons. The first-order valence-corrected chi connectivity index (χ1v) is 6.36. The molecular formula is C13H16N2O5. The molecule has 2 N–H and O–H groups in total. The lowest BCUT2D eigenvalue weighted by atomic mass is 9.82. The molecule has 0 heterocycles. The molecule has 1 fully saturated rings. The molecule has 0 atom stereocenters. The van der Waals surface area contributed by atoms with Gasteiger partial charge in [-0.3, -0.25) is 14.9 Å². The molecule has 1 aromatic carbocycles. The lowest BCUT2D eigenvalue weighted by Gasteiger charge is -2.31. The number of aliphatic hydroxyl groups is 1. The summed E-state index contributed by atoms with van der Waals surface area (Å²) in [7, 11) is 0. The summed E-state index contributed by atoms with van der Waals surface area (Å²) >= 11 is 0. The highest BCUT2D eigenvalue weighted by Crippen LogP contribution is 2.26. The van der Waals surface area contributed by atoms with Crippen LogP contribution in [-0.4, -0.2) is 35.2 Å². The van der Waals surface area contributed by atoms with Gasteiger partial charge >= 0.3 is 0 Å². The molecule has 1 aliphatic carbocycles. The molecule has 2 rings (SSSR count). The molecule has 1 aromatic rings. The normalized spacial score (nSPS) is 20.9. The molecule has 0 radical (unpaired) electrons. The van der Waals surface area contributed by atoms with Gasteiger partial charge in [0.1, 0.15) is 5.75 Å². The Balaban J connectivity index is 1.68. The van der Waals surface area contributed by atoms with Crippen LogP contribution >= 0.6 is 0 Å². The maximum atomic E-state index is 11.5. The summed E-state index contributed by atoms with van der Waals surface area (Å²) in [5.74, 6) is 0.503. The lowest BCUT2D eigenvalue weighted by molar-refractivity contribution is -0.384. The number of nitro benzene ring substituents is 1. The molecule has 0 aliphatic heterocycles. The Hall–Kier alpha value is -2.15. The molecule has 0 spiro atoms. The lowest BCUT2D eigenvalue weighted by Crippen LogP contribution is -2.39. The fraction of sp³-hybridized carbons (Fsp3) is 0.462. The third kappa shape index (κ3) is 3.92. The van der Waals surface area contributed by atoms with Gasteiger partial charge in [0.05, 0.1) is 11.0 Å². The van der Waals surface area contributed by atoms with Crippen molar-refractivity contribution in [3.05, 3.63) is 34.4 Å². The number of aliphatic hydroxyl groups excluding tert-OH is 1. The fourth-order valence-electron chi connectivity index (χ4n) is 1.99. The van der Waals surface area contributed by atoms with E-state index in [0.717, 1.165) is 12.8 Å². The number of nitrogens with zero attached hydrogens (tertiary/aromatic N) is 1. The van der Waals surface area contributed by atoms with Gasteiger partial charge in [0.2, 0.25) is 0 Å². The second-order valence-electron chi connectivity index (χ2n) is 4.84. The van der Waals surface area contributed by atoms with Crippen LogP contribution in [0.25, 0.3) is 0 Å². The second kappa shape index (κ2) is 6.33. The number of carbonyl (C=O) groups is 1. The van der Waals surface area contributed by atoms with Crippen molar-refractivity contribution in [3.8, 4) is 5.75 Å². The van der Waals surface area contributed by atoms with E-state index in [-0.39, 0.29) is 24.3 Å². The fourth-order valence-corrected chi connectivity index (χ4v) is 1.99. The number of non-ortho nitro benzene ring substituents is 1. The van der Waals surface area contributed by atoms with E-state index in [4.69, 9.17) is 9.84 Å². The summed E-state index contributed by atoms with van der Waals surface area (Å²) in [6.45, 7) is 0.409. The van der Waals surface area contributed by atoms with Crippen molar-refractivity contribution in [1.82, 2.24) is 5.32 Å². The van der Waals surface area contributed by atoms with E-state index in [1.54, 1.807) is 0 Å². The van der Waals surface area contributed by atoms with Crippen LogP contribution in [-0.2, 0) is 4.79 Å². The van der Waals surface area contributed by atoms with Crippen molar-refractivity contribution in [2.75, 3.05) is 13.2 Å². The highest BCUT2D eigenvalue weighted by Gasteiger charge is 2.27. The maximum absolute atomic E-state index is 11.5. The maximum Gasteiger partial charge on any atom is 0.269 e. The van der Waals surface area contributed by atoms with Crippen LogP contribution in [0.2, 0.25) is 0 Å². The minimum Gasteiger partial charge on any atom is -0.484 e. The number of amides is 1. The Bertz CT molecular complexity index is 482. The van der Waals surface area contributed by atoms with E-state index in [1.165, 1.54) is 24.3 Å². The van der Waals surface area contributed by atoms with Crippen LogP contribution in [0.3, 0.4) is 0 Å². The standard InChI is InChI=1S/C13H16N2O5/c16-11-5-9(6-11)7-14-13(17)8-20-12-3-1-10(2-4-12)15(18)19/h1-4,9,11,16H,5-8H2,(H,14,17). The van der Waals surface area contributed by atoms with Gasteiger partial charge in [-0.1, -0.05) is 0 Å². The first kappa shape index (κ1) is 14.3. The van der Waals surface area contributed by atoms with E-state index in [1.807, 2.05) is 0 Å². The van der Waals surface area contributed by atoms with Gasteiger partial charge < -0.3 is 15.2 Å². The summed E-state index contributed by atoms with van der Waals surface area (Å²) < 4.78 is 5.22. The van der Waals surface area contributed by atoms with Gasteiger partial charge in [-0.15, -0.1) is 0 Å². The Morgan fingerprint density at radius 3 is 2.60 bits per heavy atom. The van der Waals surface area contributed by atoms with Crippen molar-refractivity contribution in [2.45, 2.75) is 18.9 Å². The summed E-state index contributed by atoms with van der Waals surface area (Å²) in [6.07, 6.45) is 1.22. The Labute approximate surface area is 115 Å². The summed E-state index contributed by atoms with van der Waals surface area (Å²) in [6, 6.07) is 5.55. The zero-order chi connectivity index (χ0) is 14.5. The zero-order valence-corrected chi connectivity index (χ0v) is 10.8. The Morgan fingerprint density at radius 1 is 1.40 bits per heavy atom. The Kier molecular flexibility index (Phi) is 4.52. The second-order valence-corrected chi connectivity index (χ2v) is 4.84. The summed E-state index contributed by atoms with van der Waals surface area (Å²) in [5, 5.41) is 22.3. The van der Waals surface area contributed by atoms with Gasteiger partial charge in [-0.05, 0) is 30.9 Å². The van der Waals surface area contributed by atoms with E-state index >= 15 is 0 Å². The van der Waals surface area contributed by atoms with Crippen LogP contribution in [0.15, 0.2) is 24.3 Å². The predicted molar refractivity (Wildman–Crippen MR) is 70.3 cm³/mol. The molecule has 20 heavy (non-hydrogen) atoms. The van der Waals surface area contributed by atoms with Crippen LogP contribution in [0.5, 0.6) is 5.75 Å². The topological polar surface area (TPSA) is 102 Å². The molecule has 1 amide bonds. The van der Waals surface area contributed by atoms with Gasteiger partial charge in [-0.2, -0.15) is 0 Å². The van der Waals surface area contributed by atoms with E-state index in [9.17, 15) is 14.9 Å². The molecular weight excluding hydrogens is 264 g/mol. The van der Waals surface area contributed by atoms with E-state index in [0.29, 0.717) is 18.2 Å². The molecule has 1 saturated carbocycles. The number of hydrogen-bond donors (Lipinski definition) is 2. The van der Waals surface area contributed by atoms with Crippen LogP contribution in [0.4, 0.5) is 5.69 Å². The third-order valence-electron chi connectivity index (χ3n) is 3.22. The van der Waals surface area contributed by atoms with Crippen molar-refractivity contribution < 1.29 is 19.6 Å². The molecule has 0 saturated heterocycles. The summed E-state index contributed by atoms with van der Waals surface area (Å²) in [4.78, 5) is 21.5. The molecule has 1 aliphatic rings. The number of carbonyl (C=O) groups excluding carboxylic acids is 1. The molecule has 7 heteroatoms. The van der Waals surface area contributed by atoms with E-state index in [2.05, 4.69) is 5.32 Å². The van der Waals surface area contributed by atoms with Gasteiger partial charge in [0.25, 0.3) is 11.6 Å². The van der Waals surface area contributed by atoms with E-state index < -0.39 is 4.92 Å². The third-order valence-corrected chi connectivity index (χ3v) is 3.22. The largest absolute Gasteiger partial charge is 0.484 e. The van der Waals surface area contributed by atoms with Crippen LogP contribution in [0, 0.1) is 16.0 Å². The van der Waals surface area contributed by atoms with Gasteiger partial charge in [0.15, 0.2) is 6.61 Å². The predicted octanol–water partition coefficient (Wildman–Crippen LogP) is 0.861. The smallest absolute Gasteiger partial charge is 0.269 e. The minimum absolute atomic E-state index is 0.0228. The van der Waals surface area contributed by atoms with Crippen molar-refractivity contribution in [3.63, 3.8) is 0 Å². The van der Waals surface area contributed by atoms with Crippen molar-refractivity contribution in [1.29, 1.82) is 0 Å².